The molecule has 4 N–H and O–H groups in total. The molecule has 0 spiro atoms. The maximum atomic E-state index is 12.0. The van der Waals surface area contributed by atoms with Crippen molar-refractivity contribution in [3.63, 3.8) is 0 Å². The van der Waals surface area contributed by atoms with Crippen LogP contribution in [0.1, 0.15) is 23.3 Å². The lowest BCUT2D eigenvalue weighted by atomic mass is 10.1. The van der Waals surface area contributed by atoms with Crippen LogP contribution in [0.5, 0.6) is 0 Å². The number of rotatable bonds is 3. The lowest BCUT2D eigenvalue weighted by Crippen LogP contribution is -2.43. The summed E-state index contributed by atoms with van der Waals surface area (Å²) in [4.78, 5) is 22.2. The van der Waals surface area contributed by atoms with Gasteiger partial charge < -0.3 is 15.6 Å². The maximum absolute atomic E-state index is 12.0. The third-order valence-corrected chi connectivity index (χ3v) is 3.07. The Morgan fingerprint density at radius 2 is 2.17 bits per heavy atom. The minimum Gasteiger partial charge on any atom is -0.348 e. The molecule has 0 unspecified atom stereocenters. The number of nitrogen functional groups attached to an aromatic ring is 1. The normalized spacial score (nSPS) is 17.4. The SMILES string of the molecule is CN1CCC(NC(=O)c2cncc(NN)n2)CC1. The van der Waals surface area contributed by atoms with Crippen molar-refractivity contribution >= 4 is 11.7 Å². The van der Waals surface area contributed by atoms with Gasteiger partial charge in [-0.1, -0.05) is 0 Å². The quantitative estimate of drug-likeness (QED) is 0.498. The molecule has 7 heteroatoms. The number of carbonyl (C=O) groups is 1. The monoisotopic (exact) mass is 250 g/mol. The fraction of sp³-hybridized carbons (Fsp3) is 0.545. The molecule has 2 heterocycles. The van der Waals surface area contributed by atoms with Crippen molar-refractivity contribution in [1.29, 1.82) is 0 Å². The minimum absolute atomic E-state index is 0.200. The van der Waals surface area contributed by atoms with Crippen LogP contribution in [0.2, 0.25) is 0 Å². The third kappa shape index (κ3) is 3.14. The van der Waals surface area contributed by atoms with Crippen molar-refractivity contribution < 1.29 is 4.79 Å². The zero-order valence-corrected chi connectivity index (χ0v) is 10.4. The summed E-state index contributed by atoms with van der Waals surface area (Å²) in [6.07, 6.45) is 4.83. The maximum Gasteiger partial charge on any atom is 0.271 e. The Labute approximate surface area is 106 Å². The van der Waals surface area contributed by atoms with Crippen LogP contribution in [0.25, 0.3) is 0 Å². The number of hydrogen-bond acceptors (Lipinski definition) is 6. The van der Waals surface area contributed by atoms with E-state index in [-0.39, 0.29) is 17.6 Å². The molecule has 0 aliphatic carbocycles. The Morgan fingerprint density at radius 3 is 2.83 bits per heavy atom. The smallest absolute Gasteiger partial charge is 0.271 e. The van der Waals surface area contributed by atoms with Crippen LogP contribution in [-0.4, -0.2) is 47.0 Å². The molecule has 0 saturated carbocycles. The molecule has 1 amide bonds. The predicted molar refractivity (Wildman–Crippen MR) is 67.8 cm³/mol. The molecule has 1 aliphatic heterocycles. The van der Waals surface area contributed by atoms with Gasteiger partial charge >= 0.3 is 0 Å². The van der Waals surface area contributed by atoms with E-state index in [0.29, 0.717) is 5.82 Å². The standard InChI is InChI=1S/C11H18N6O/c1-17-4-2-8(3-5-17)14-11(18)9-6-13-7-10(15-9)16-12/h6-8H,2-5,12H2,1H3,(H,14,18)(H,15,16). The summed E-state index contributed by atoms with van der Waals surface area (Å²) in [6.45, 7) is 2.00. The number of amides is 1. The lowest BCUT2D eigenvalue weighted by molar-refractivity contribution is 0.0911. The average molecular weight is 250 g/mol. The van der Waals surface area contributed by atoms with Gasteiger partial charge in [-0.15, -0.1) is 0 Å². The highest BCUT2D eigenvalue weighted by molar-refractivity contribution is 5.92. The first kappa shape index (κ1) is 12.7. The highest BCUT2D eigenvalue weighted by Gasteiger charge is 2.19. The summed E-state index contributed by atoms with van der Waals surface area (Å²) in [5.74, 6) is 5.41. The molecule has 1 aliphatic rings. The number of nitrogens with one attached hydrogen (secondary N) is 2. The summed E-state index contributed by atoms with van der Waals surface area (Å²) >= 11 is 0. The van der Waals surface area contributed by atoms with E-state index in [4.69, 9.17) is 5.84 Å². The zero-order valence-electron chi connectivity index (χ0n) is 10.4. The van der Waals surface area contributed by atoms with Crippen molar-refractivity contribution in [2.45, 2.75) is 18.9 Å². The van der Waals surface area contributed by atoms with Crippen LogP contribution in [-0.2, 0) is 0 Å². The van der Waals surface area contributed by atoms with E-state index in [1.165, 1.54) is 12.4 Å². The van der Waals surface area contributed by atoms with E-state index in [9.17, 15) is 4.79 Å². The second kappa shape index (κ2) is 5.74. The van der Waals surface area contributed by atoms with Gasteiger partial charge in [0.05, 0.1) is 12.4 Å². The number of hydrazine groups is 1. The highest BCUT2D eigenvalue weighted by Crippen LogP contribution is 2.09. The van der Waals surface area contributed by atoms with Crippen molar-refractivity contribution in [3.8, 4) is 0 Å². The number of hydrogen-bond donors (Lipinski definition) is 3. The van der Waals surface area contributed by atoms with Gasteiger partial charge in [-0.2, -0.15) is 0 Å². The first-order valence-corrected chi connectivity index (χ1v) is 5.97. The molecule has 98 valence electrons. The molecular formula is C11H18N6O. The fourth-order valence-corrected chi connectivity index (χ4v) is 1.96. The molecule has 0 bridgehead atoms. The summed E-state index contributed by atoms with van der Waals surface area (Å²) < 4.78 is 0. The van der Waals surface area contributed by atoms with Crippen molar-refractivity contribution in [1.82, 2.24) is 20.2 Å². The largest absolute Gasteiger partial charge is 0.348 e. The van der Waals surface area contributed by atoms with Gasteiger partial charge in [0.25, 0.3) is 5.91 Å². The Kier molecular flexibility index (Phi) is 4.06. The van der Waals surface area contributed by atoms with Crippen LogP contribution in [0.15, 0.2) is 12.4 Å². The number of nitrogens with two attached hydrogens (primary N) is 1. The van der Waals surface area contributed by atoms with Crippen molar-refractivity contribution in [2.24, 2.45) is 5.84 Å². The van der Waals surface area contributed by atoms with E-state index < -0.39 is 0 Å². The molecule has 18 heavy (non-hydrogen) atoms. The van der Waals surface area contributed by atoms with E-state index in [1.54, 1.807) is 0 Å². The molecule has 0 atom stereocenters. The number of anilines is 1. The molecule has 1 saturated heterocycles. The van der Waals surface area contributed by atoms with Crippen LogP contribution >= 0.6 is 0 Å². The van der Waals surface area contributed by atoms with Crippen molar-refractivity contribution in [2.75, 3.05) is 25.6 Å². The molecule has 7 nitrogen and oxygen atoms in total. The molecule has 0 aromatic carbocycles. The predicted octanol–water partition coefficient (Wildman–Crippen LogP) is -0.414. The van der Waals surface area contributed by atoms with Crippen LogP contribution < -0.4 is 16.6 Å². The van der Waals surface area contributed by atoms with Crippen LogP contribution in [0, 0.1) is 0 Å². The Bertz CT molecular complexity index is 416. The van der Waals surface area contributed by atoms with E-state index >= 15 is 0 Å². The fourth-order valence-electron chi connectivity index (χ4n) is 1.96. The lowest BCUT2D eigenvalue weighted by Gasteiger charge is -2.29. The molecule has 2 rings (SSSR count). The molecule has 1 aromatic rings. The minimum atomic E-state index is -0.200. The Hall–Kier alpha value is -1.73. The molecular weight excluding hydrogens is 232 g/mol. The van der Waals surface area contributed by atoms with Gasteiger partial charge in [0.1, 0.15) is 5.69 Å². The summed E-state index contributed by atoms with van der Waals surface area (Å²) in [5, 5.41) is 2.97. The van der Waals surface area contributed by atoms with Gasteiger partial charge in [0.15, 0.2) is 5.82 Å². The topological polar surface area (TPSA) is 96.2 Å². The summed E-state index contributed by atoms with van der Waals surface area (Å²) in [5.41, 5.74) is 2.65. The highest BCUT2D eigenvalue weighted by atomic mass is 16.1. The molecule has 0 radical (unpaired) electrons. The van der Waals surface area contributed by atoms with Gasteiger partial charge in [0, 0.05) is 6.04 Å². The molecule has 1 aromatic heterocycles. The van der Waals surface area contributed by atoms with Gasteiger partial charge in [0.2, 0.25) is 0 Å². The second-order valence-corrected chi connectivity index (χ2v) is 4.48. The Balaban J connectivity index is 1.94. The van der Waals surface area contributed by atoms with E-state index in [1.807, 2.05) is 0 Å². The third-order valence-electron chi connectivity index (χ3n) is 3.07. The van der Waals surface area contributed by atoms with Gasteiger partial charge in [-0.05, 0) is 33.0 Å². The van der Waals surface area contributed by atoms with E-state index in [0.717, 1.165) is 25.9 Å². The summed E-state index contributed by atoms with van der Waals surface area (Å²) in [6, 6.07) is 0.213. The van der Waals surface area contributed by atoms with E-state index in [2.05, 4.69) is 32.7 Å². The van der Waals surface area contributed by atoms with Crippen LogP contribution in [0.3, 0.4) is 0 Å². The Morgan fingerprint density at radius 1 is 1.44 bits per heavy atom. The van der Waals surface area contributed by atoms with Gasteiger partial charge in [-0.25, -0.2) is 10.8 Å². The molecule has 1 fully saturated rings. The number of piperidine rings is 1. The number of aromatic nitrogens is 2. The van der Waals surface area contributed by atoms with Crippen molar-refractivity contribution in [3.05, 3.63) is 18.1 Å². The second-order valence-electron chi connectivity index (χ2n) is 4.48. The zero-order chi connectivity index (χ0) is 13.0. The number of likely N-dealkylation sites (tertiary alicyclic amines) is 1. The summed E-state index contributed by atoms with van der Waals surface area (Å²) in [7, 11) is 2.08. The van der Waals surface area contributed by atoms with Crippen LogP contribution in [0.4, 0.5) is 5.82 Å². The number of carbonyl (C=O) groups excluding carboxylic acids is 1. The average Bonchev–Trinajstić information content (AvgIpc) is 2.41. The first-order chi connectivity index (χ1) is 8.69. The van der Waals surface area contributed by atoms with Gasteiger partial charge in [-0.3, -0.25) is 9.78 Å². The first-order valence-electron chi connectivity index (χ1n) is 5.97. The number of nitrogens with zero attached hydrogens (tertiary/aromatic N) is 3.